The van der Waals surface area contributed by atoms with Crippen LogP contribution in [-0.4, -0.2) is 35.1 Å². The Kier molecular flexibility index (Phi) is 5.64. The second-order valence-corrected chi connectivity index (χ2v) is 10.2. The zero-order valence-corrected chi connectivity index (χ0v) is 15.3. The van der Waals surface area contributed by atoms with Crippen LogP contribution in [0.4, 0.5) is 0 Å². The molecule has 0 saturated heterocycles. The van der Waals surface area contributed by atoms with Crippen LogP contribution < -0.4 is 3.61 Å². The van der Waals surface area contributed by atoms with E-state index in [0.717, 1.165) is 9.19 Å². The molecule has 0 amide bonds. The van der Waals surface area contributed by atoms with Crippen molar-refractivity contribution in [1.29, 1.82) is 0 Å². The molecule has 0 unspecified atom stereocenters. The molecule has 0 bridgehead atoms. The first-order valence-corrected chi connectivity index (χ1v) is 10.6. The first-order valence-electron chi connectivity index (χ1n) is 6.66. The summed E-state index contributed by atoms with van der Waals surface area (Å²) in [5.41, 5.74) is 1.13. The number of rotatable bonds is 5. The van der Waals surface area contributed by atoms with Crippen molar-refractivity contribution in [2.75, 3.05) is 5.75 Å². The fourth-order valence-corrected chi connectivity index (χ4v) is 7.29. The Labute approximate surface area is 136 Å². The molecule has 0 aromatic heterocycles. The summed E-state index contributed by atoms with van der Waals surface area (Å²) in [6.45, 7) is 4.01. The zero-order chi connectivity index (χ0) is 15.3. The second-order valence-electron chi connectivity index (χ2n) is 4.91. The molecule has 2 rings (SSSR count). The number of sulfone groups is 1. The van der Waals surface area contributed by atoms with Crippen molar-refractivity contribution in [3.05, 3.63) is 69.9 Å². The van der Waals surface area contributed by atoms with E-state index in [4.69, 9.17) is 0 Å². The van der Waals surface area contributed by atoms with Gasteiger partial charge in [-0.15, -0.1) is 0 Å². The predicted octanol–water partition coefficient (Wildman–Crippen LogP) is 2.78. The van der Waals surface area contributed by atoms with Crippen LogP contribution in [0.2, 0.25) is 0 Å². The van der Waals surface area contributed by atoms with Crippen molar-refractivity contribution in [3.8, 4) is 0 Å². The average Bonchev–Trinajstić information content (AvgIpc) is 2.48. The van der Waals surface area contributed by atoms with E-state index in [-0.39, 0.29) is 5.75 Å². The van der Waals surface area contributed by atoms with Crippen molar-refractivity contribution in [2.45, 2.75) is 18.7 Å². The van der Waals surface area contributed by atoms with Gasteiger partial charge in [0.25, 0.3) is 0 Å². The maximum absolute atomic E-state index is 12.5. The summed E-state index contributed by atoms with van der Waals surface area (Å²) >= 11 is -0.639. The van der Waals surface area contributed by atoms with Crippen LogP contribution in [0.25, 0.3) is 0 Å². The Hall–Kier alpha value is -1.08. The van der Waals surface area contributed by atoms with E-state index in [0.29, 0.717) is 4.90 Å². The van der Waals surface area contributed by atoms with E-state index >= 15 is 0 Å². The minimum absolute atomic E-state index is 0.135. The van der Waals surface area contributed by atoms with Crippen LogP contribution in [0.5, 0.6) is 0 Å². The van der Waals surface area contributed by atoms with Crippen molar-refractivity contribution in [3.63, 3.8) is 0 Å². The van der Waals surface area contributed by atoms with Crippen molar-refractivity contribution in [2.24, 2.45) is 0 Å². The molecule has 0 atom stereocenters. The third-order valence-corrected chi connectivity index (χ3v) is 8.93. The topological polar surface area (TPSA) is 34.1 Å². The Morgan fingerprint density at radius 3 is 1.95 bits per heavy atom. The first-order chi connectivity index (χ1) is 9.99. The molecule has 0 saturated carbocycles. The van der Waals surface area contributed by atoms with Gasteiger partial charge in [0.15, 0.2) is 0 Å². The molecule has 110 valence electrons. The Balaban J connectivity index is 2.24. The molecule has 4 heteroatoms. The molecule has 0 aliphatic heterocycles. The normalized spacial score (nSPS) is 11.1. The van der Waals surface area contributed by atoms with Crippen LogP contribution in [0.1, 0.15) is 13.8 Å². The first kappa shape index (κ1) is 16.3. The molecule has 2 aromatic carbocycles. The SMILES string of the molecule is CC(C)=C(CS(=O)(=O)c1ccccc1)[Te]c1ccccc1. The summed E-state index contributed by atoms with van der Waals surface area (Å²) in [6.07, 6.45) is 0. The minimum atomic E-state index is -3.25. The van der Waals surface area contributed by atoms with Crippen LogP contribution >= 0.6 is 0 Å². The summed E-state index contributed by atoms with van der Waals surface area (Å²) in [5, 5.41) is 0. The van der Waals surface area contributed by atoms with Gasteiger partial charge in [-0.1, -0.05) is 0 Å². The van der Waals surface area contributed by atoms with Gasteiger partial charge in [-0.25, -0.2) is 0 Å². The second kappa shape index (κ2) is 7.26. The van der Waals surface area contributed by atoms with Gasteiger partial charge in [-0.3, -0.25) is 0 Å². The Bertz CT molecular complexity index is 716. The van der Waals surface area contributed by atoms with Gasteiger partial charge in [0.05, 0.1) is 0 Å². The molecule has 21 heavy (non-hydrogen) atoms. The molecule has 0 fully saturated rings. The van der Waals surface area contributed by atoms with E-state index in [9.17, 15) is 8.42 Å². The molecular formula is C17H18O2STe. The number of benzene rings is 2. The standard InChI is InChI=1S/C17H18O2STe/c1-14(2)17(21-16-11-7-4-8-12-16)13-20(18,19)15-9-5-3-6-10-15/h3-12H,13H2,1-2H3. The third-order valence-electron chi connectivity index (χ3n) is 2.97. The van der Waals surface area contributed by atoms with E-state index < -0.39 is 30.8 Å². The summed E-state index contributed by atoms with van der Waals surface area (Å²) in [4.78, 5) is 0.407. The molecule has 0 aliphatic carbocycles. The summed E-state index contributed by atoms with van der Waals surface area (Å²) in [7, 11) is -3.25. The molecular weight excluding hydrogens is 396 g/mol. The van der Waals surface area contributed by atoms with E-state index in [1.807, 2.05) is 38.1 Å². The molecule has 0 N–H and O–H groups in total. The molecule has 0 radical (unpaired) electrons. The summed E-state index contributed by atoms with van der Waals surface area (Å²) in [5.74, 6) is 0.135. The van der Waals surface area contributed by atoms with Crippen LogP contribution in [0, 0.1) is 0 Å². The fraction of sp³-hybridized carbons (Fsp3) is 0.176. The number of hydrogen-bond donors (Lipinski definition) is 0. The van der Waals surface area contributed by atoms with Gasteiger partial charge in [0, 0.05) is 0 Å². The molecule has 2 aromatic rings. The van der Waals surface area contributed by atoms with Crippen LogP contribution in [0.15, 0.2) is 74.8 Å². The monoisotopic (exact) mass is 416 g/mol. The van der Waals surface area contributed by atoms with Gasteiger partial charge < -0.3 is 0 Å². The predicted molar refractivity (Wildman–Crippen MR) is 88.7 cm³/mol. The Morgan fingerprint density at radius 1 is 0.905 bits per heavy atom. The van der Waals surface area contributed by atoms with Gasteiger partial charge in [-0.05, 0) is 0 Å². The zero-order valence-electron chi connectivity index (χ0n) is 12.1. The van der Waals surface area contributed by atoms with Gasteiger partial charge in [0.1, 0.15) is 0 Å². The summed E-state index contributed by atoms with van der Waals surface area (Å²) in [6, 6.07) is 18.9. The Morgan fingerprint density at radius 2 is 1.43 bits per heavy atom. The van der Waals surface area contributed by atoms with Gasteiger partial charge in [-0.2, -0.15) is 0 Å². The van der Waals surface area contributed by atoms with Crippen molar-refractivity contribution < 1.29 is 8.42 Å². The van der Waals surface area contributed by atoms with E-state index in [2.05, 4.69) is 12.1 Å². The van der Waals surface area contributed by atoms with E-state index in [1.165, 1.54) is 3.61 Å². The molecule has 0 spiro atoms. The number of hydrogen-bond acceptors (Lipinski definition) is 2. The van der Waals surface area contributed by atoms with Crippen LogP contribution in [0.3, 0.4) is 0 Å². The maximum atomic E-state index is 12.5. The molecule has 0 heterocycles. The van der Waals surface area contributed by atoms with E-state index in [1.54, 1.807) is 24.3 Å². The fourth-order valence-electron chi connectivity index (χ4n) is 1.79. The van der Waals surface area contributed by atoms with Gasteiger partial charge >= 0.3 is 137 Å². The number of allylic oxidation sites excluding steroid dienone is 1. The van der Waals surface area contributed by atoms with Crippen molar-refractivity contribution >= 4 is 34.4 Å². The summed E-state index contributed by atoms with van der Waals surface area (Å²) < 4.78 is 27.4. The van der Waals surface area contributed by atoms with Crippen LogP contribution in [-0.2, 0) is 9.84 Å². The molecule has 0 aliphatic rings. The quantitative estimate of drug-likeness (QED) is 0.706. The van der Waals surface area contributed by atoms with Crippen molar-refractivity contribution in [1.82, 2.24) is 0 Å². The molecule has 2 nitrogen and oxygen atoms in total. The third kappa shape index (κ3) is 4.71. The van der Waals surface area contributed by atoms with Gasteiger partial charge in [0.2, 0.25) is 0 Å². The average molecular weight is 414 g/mol.